The molecule has 2 atom stereocenters. The minimum atomic E-state index is -0.0728. The highest BCUT2D eigenvalue weighted by Gasteiger charge is 2.26. The highest BCUT2D eigenvalue weighted by molar-refractivity contribution is 9.10. The molecule has 0 unspecified atom stereocenters. The lowest BCUT2D eigenvalue weighted by Gasteiger charge is -2.36. The van der Waals surface area contributed by atoms with Crippen LogP contribution in [0.15, 0.2) is 52.0 Å². The SMILES string of the molecule is Cc1cc(NC(=O)CSc2nc3ccccc3nc2N2C[C@@H](C)O[C@H](C)C2)ccc1Br. The van der Waals surface area contributed by atoms with E-state index in [1.54, 1.807) is 0 Å². The molecule has 2 aromatic carbocycles. The standard InChI is InChI=1S/C23H25BrN4O2S/c1-14-10-17(8-9-18(14)24)25-21(29)13-31-23-22(28-11-15(2)30-16(3)12-28)26-19-6-4-5-7-20(19)27-23/h4-10,15-16H,11-13H2,1-3H3,(H,25,29)/t15-,16-/m1/s1. The topological polar surface area (TPSA) is 67.4 Å². The molecule has 1 aromatic heterocycles. The lowest BCUT2D eigenvalue weighted by molar-refractivity contribution is -0.113. The summed E-state index contributed by atoms with van der Waals surface area (Å²) in [5.41, 5.74) is 3.53. The molecular weight excluding hydrogens is 476 g/mol. The number of aryl methyl sites for hydroxylation is 1. The zero-order chi connectivity index (χ0) is 22.0. The normalized spacial score (nSPS) is 18.9. The van der Waals surface area contributed by atoms with Gasteiger partial charge < -0.3 is 15.0 Å². The molecule has 1 aliphatic heterocycles. The molecule has 1 amide bonds. The molecule has 162 valence electrons. The van der Waals surface area contributed by atoms with Crippen LogP contribution in [0.1, 0.15) is 19.4 Å². The van der Waals surface area contributed by atoms with Crippen molar-refractivity contribution in [2.75, 3.05) is 29.1 Å². The van der Waals surface area contributed by atoms with Crippen molar-refractivity contribution in [1.29, 1.82) is 0 Å². The van der Waals surface area contributed by atoms with Crippen LogP contribution < -0.4 is 10.2 Å². The molecule has 6 nitrogen and oxygen atoms in total. The predicted molar refractivity (Wildman–Crippen MR) is 130 cm³/mol. The van der Waals surface area contributed by atoms with E-state index in [0.29, 0.717) is 0 Å². The van der Waals surface area contributed by atoms with E-state index in [4.69, 9.17) is 14.7 Å². The molecule has 1 aliphatic rings. The molecular formula is C23H25BrN4O2S. The van der Waals surface area contributed by atoms with Crippen LogP contribution in [0.3, 0.4) is 0 Å². The van der Waals surface area contributed by atoms with E-state index < -0.39 is 0 Å². The van der Waals surface area contributed by atoms with Gasteiger partial charge in [-0.3, -0.25) is 4.79 Å². The Morgan fingerprint density at radius 1 is 1.16 bits per heavy atom. The zero-order valence-electron chi connectivity index (χ0n) is 17.8. The first-order chi connectivity index (χ1) is 14.9. The molecule has 0 radical (unpaired) electrons. The Kier molecular flexibility index (Phi) is 6.79. The number of nitrogens with one attached hydrogen (secondary N) is 1. The van der Waals surface area contributed by atoms with E-state index in [1.165, 1.54) is 11.8 Å². The average Bonchev–Trinajstić information content (AvgIpc) is 2.73. The van der Waals surface area contributed by atoms with Gasteiger partial charge in [0.2, 0.25) is 5.91 Å². The Morgan fingerprint density at radius 2 is 1.84 bits per heavy atom. The average molecular weight is 501 g/mol. The zero-order valence-corrected chi connectivity index (χ0v) is 20.2. The second-order valence-corrected chi connectivity index (χ2v) is 9.62. The molecule has 2 heterocycles. The quantitative estimate of drug-likeness (QED) is 0.494. The smallest absolute Gasteiger partial charge is 0.234 e. The van der Waals surface area contributed by atoms with Gasteiger partial charge >= 0.3 is 0 Å². The van der Waals surface area contributed by atoms with Crippen LogP contribution in [0.5, 0.6) is 0 Å². The van der Waals surface area contributed by atoms with Crippen LogP contribution in [0.25, 0.3) is 11.0 Å². The minimum Gasteiger partial charge on any atom is -0.372 e. The highest BCUT2D eigenvalue weighted by Crippen LogP contribution is 2.31. The number of rotatable bonds is 5. The Balaban J connectivity index is 1.55. The van der Waals surface area contributed by atoms with Crippen molar-refractivity contribution in [2.45, 2.75) is 38.0 Å². The van der Waals surface area contributed by atoms with Crippen LogP contribution in [0, 0.1) is 6.92 Å². The Bertz CT molecular complexity index is 1100. The van der Waals surface area contributed by atoms with Crippen molar-refractivity contribution in [2.24, 2.45) is 0 Å². The van der Waals surface area contributed by atoms with Gasteiger partial charge in [0.1, 0.15) is 5.03 Å². The molecule has 31 heavy (non-hydrogen) atoms. The first-order valence-corrected chi connectivity index (χ1v) is 12.0. The molecule has 3 aromatic rings. The van der Waals surface area contributed by atoms with Crippen LogP contribution in [-0.4, -0.2) is 46.9 Å². The van der Waals surface area contributed by atoms with Gasteiger partial charge in [0, 0.05) is 23.2 Å². The first kappa shape index (κ1) is 22.0. The number of hydrogen-bond donors (Lipinski definition) is 1. The highest BCUT2D eigenvalue weighted by atomic mass is 79.9. The maximum atomic E-state index is 12.6. The number of carbonyl (C=O) groups is 1. The number of morpholine rings is 1. The number of hydrogen-bond acceptors (Lipinski definition) is 6. The van der Waals surface area contributed by atoms with Gasteiger partial charge in [0.05, 0.1) is 29.0 Å². The third-order valence-electron chi connectivity index (χ3n) is 5.02. The molecule has 1 N–H and O–H groups in total. The summed E-state index contributed by atoms with van der Waals surface area (Å²) in [5.74, 6) is 0.999. The molecule has 4 rings (SSSR count). The van der Waals surface area contributed by atoms with Gasteiger partial charge in [-0.2, -0.15) is 0 Å². The fourth-order valence-corrected chi connectivity index (χ4v) is 4.73. The number of aromatic nitrogens is 2. The lowest BCUT2D eigenvalue weighted by Crippen LogP contribution is -2.46. The molecule has 8 heteroatoms. The summed E-state index contributed by atoms with van der Waals surface area (Å²) in [6.45, 7) is 7.62. The number of anilines is 2. The number of halogens is 1. The second kappa shape index (κ2) is 9.54. The van der Waals surface area contributed by atoms with Crippen molar-refractivity contribution in [3.63, 3.8) is 0 Å². The Labute approximate surface area is 194 Å². The minimum absolute atomic E-state index is 0.0728. The summed E-state index contributed by atoms with van der Waals surface area (Å²) < 4.78 is 6.90. The van der Waals surface area contributed by atoms with Crippen LogP contribution in [0.4, 0.5) is 11.5 Å². The second-order valence-electron chi connectivity index (χ2n) is 7.80. The first-order valence-electron chi connectivity index (χ1n) is 10.2. The van der Waals surface area contributed by atoms with Gasteiger partial charge in [-0.15, -0.1) is 0 Å². The van der Waals surface area contributed by atoms with Crippen molar-refractivity contribution in [3.05, 3.63) is 52.5 Å². The Hall–Kier alpha value is -2.16. The number of nitrogens with zero attached hydrogens (tertiary/aromatic N) is 3. The number of amides is 1. The van der Waals surface area contributed by atoms with E-state index in [0.717, 1.165) is 50.7 Å². The summed E-state index contributed by atoms with van der Waals surface area (Å²) in [5, 5.41) is 3.73. The number of fused-ring (bicyclic) bond motifs is 1. The van der Waals surface area contributed by atoms with E-state index in [2.05, 4.69) is 40.0 Å². The maximum absolute atomic E-state index is 12.6. The monoisotopic (exact) mass is 500 g/mol. The van der Waals surface area contributed by atoms with Gasteiger partial charge in [-0.25, -0.2) is 9.97 Å². The van der Waals surface area contributed by atoms with Crippen LogP contribution in [-0.2, 0) is 9.53 Å². The summed E-state index contributed by atoms with van der Waals surface area (Å²) in [6, 6.07) is 13.6. The van der Waals surface area contributed by atoms with Crippen LogP contribution >= 0.6 is 27.7 Å². The summed E-state index contributed by atoms with van der Waals surface area (Å²) in [7, 11) is 0. The summed E-state index contributed by atoms with van der Waals surface area (Å²) in [6.07, 6.45) is 0.220. The van der Waals surface area contributed by atoms with Crippen molar-refractivity contribution < 1.29 is 9.53 Å². The number of para-hydroxylation sites is 2. The number of benzene rings is 2. The lowest BCUT2D eigenvalue weighted by atomic mass is 10.2. The molecule has 0 spiro atoms. The summed E-state index contributed by atoms with van der Waals surface area (Å²) >= 11 is 4.90. The van der Waals surface area contributed by atoms with Gasteiger partial charge in [0.15, 0.2) is 5.82 Å². The molecule has 1 fully saturated rings. The fourth-order valence-electron chi connectivity index (χ4n) is 3.68. The third-order valence-corrected chi connectivity index (χ3v) is 6.87. The third kappa shape index (κ3) is 5.37. The van der Waals surface area contributed by atoms with Crippen LogP contribution in [0.2, 0.25) is 0 Å². The molecule has 0 aliphatic carbocycles. The molecule has 0 saturated carbocycles. The molecule has 1 saturated heterocycles. The van der Waals surface area contributed by atoms with Gasteiger partial charge in [0.25, 0.3) is 0 Å². The van der Waals surface area contributed by atoms with Crippen molar-refractivity contribution in [3.8, 4) is 0 Å². The molecule has 0 bridgehead atoms. The van der Waals surface area contributed by atoms with E-state index in [-0.39, 0.29) is 23.9 Å². The maximum Gasteiger partial charge on any atom is 0.234 e. The van der Waals surface area contributed by atoms with Crippen molar-refractivity contribution in [1.82, 2.24) is 9.97 Å². The fraction of sp³-hybridized carbons (Fsp3) is 0.348. The largest absolute Gasteiger partial charge is 0.372 e. The predicted octanol–water partition coefficient (Wildman–Crippen LogP) is 5.05. The van der Waals surface area contributed by atoms with E-state index >= 15 is 0 Å². The number of carbonyl (C=O) groups excluding carboxylic acids is 1. The van der Waals surface area contributed by atoms with E-state index in [1.807, 2.05) is 49.4 Å². The number of ether oxygens (including phenoxy) is 1. The van der Waals surface area contributed by atoms with Gasteiger partial charge in [-0.05, 0) is 56.7 Å². The summed E-state index contributed by atoms with van der Waals surface area (Å²) in [4.78, 5) is 24.6. The number of thioether (sulfide) groups is 1. The van der Waals surface area contributed by atoms with Gasteiger partial charge in [-0.1, -0.05) is 39.8 Å². The Morgan fingerprint density at radius 3 is 2.52 bits per heavy atom. The van der Waals surface area contributed by atoms with E-state index in [9.17, 15) is 4.79 Å². The van der Waals surface area contributed by atoms with Crippen molar-refractivity contribution >= 4 is 56.1 Å².